The second kappa shape index (κ2) is 7.35. The summed E-state index contributed by atoms with van der Waals surface area (Å²) >= 11 is 0. The van der Waals surface area contributed by atoms with Crippen LogP contribution in [0.25, 0.3) is 6.08 Å². The van der Waals surface area contributed by atoms with Crippen LogP contribution in [0.15, 0.2) is 29.2 Å². The summed E-state index contributed by atoms with van der Waals surface area (Å²) in [7, 11) is 0.110. The van der Waals surface area contributed by atoms with E-state index in [2.05, 4.69) is 4.72 Å². The highest BCUT2D eigenvalue weighted by atomic mass is 32.2. The Morgan fingerprint density at radius 1 is 1.38 bits per heavy atom. The molecule has 1 aromatic rings. The van der Waals surface area contributed by atoms with E-state index in [1.807, 2.05) is 19.0 Å². The third kappa shape index (κ3) is 5.66. The van der Waals surface area contributed by atoms with Crippen LogP contribution in [0.2, 0.25) is 0 Å². The number of likely N-dealkylation sites (N-methyl/N-ethyl adjacent to an activating group) is 1. The van der Waals surface area contributed by atoms with Gasteiger partial charge in [0.15, 0.2) is 0 Å². The molecule has 21 heavy (non-hydrogen) atoms. The Morgan fingerprint density at radius 2 is 2.05 bits per heavy atom. The normalized spacial score (nSPS) is 12.2. The Bertz CT molecular complexity index is 636. The molecule has 0 fully saturated rings. The molecule has 0 aliphatic heterocycles. The van der Waals surface area contributed by atoms with Crippen LogP contribution in [0.5, 0.6) is 0 Å². The van der Waals surface area contributed by atoms with Gasteiger partial charge in [-0.05, 0) is 44.3 Å². The first kappa shape index (κ1) is 17.4. The molecule has 0 aromatic heterocycles. The van der Waals surface area contributed by atoms with Crippen molar-refractivity contribution >= 4 is 22.1 Å². The molecule has 0 unspecified atom stereocenters. The molecular formula is C14H20N2O4S. The van der Waals surface area contributed by atoms with Crippen molar-refractivity contribution in [2.45, 2.75) is 11.8 Å². The zero-order valence-corrected chi connectivity index (χ0v) is 13.1. The van der Waals surface area contributed by atoms with Crippen molar-refractivity contribution in [2.24, 2.45) is 0 Å². The minimum absolute atomic E-state index is 0.161. The minimum Gasteiger partial charge on any atom is -0.478 e. The minimum atomic E-state index is -3.61. The first-order valence-electron chi connectivity index (χ1n) is 6.38. The first-order chi connectivity index (χ1) is 9.72. The largest absolute Gasteiger partial charge is 0.478 e. The molecule has 116 valence electrons. The van der Waals surface area contributed by atoms with Gasteiger partial charge in [-0.15, -0.1) is 0 Å². The number of aryl methyl sites for hydroxylation is 1. The third-order valence-electron chi connectivity index (χ3n) is 2.77. The van der Waals surface area contributed by atoms with Crippen molar-refractivity contribution in [3.63, 3.8) is 0 Å². The maximum atomic E-state index is 12.3. The summed E-state index contributed by atoms with van der Waals surface area (Å²) in [5.41, 5.74) is 1.14. The highest BCUT2D eigenvalue weighted by Crippen LogP contribution is 2.17. The predicted molar refractivity (Wildman–Crippen MR) is 81.6 cm³/mol. The molecule has 0 atom stereocenters. The monoisotopic (exact) mass is 312 g/mol. The van der Waals surface area contributed by atoms with E-state index in [0.717, 1.165) is 6.08 Å². The van der Waals surface area contributed by atoms with E-state index in [4.69, 9.17) is 5.11 Å². The van der Waals surface area contributed by atoms with Gasteiger partial charge in [0.25, 0.3) is 0 Å². The lowest BCUT2D eigenvalue weighted by Crippen LogP contribution is -2.31. The van der Waals surface area contributed by atoms with Crippen LogP contribution in [-0.2, 0) is 14.8 Å². The molecule has 6 nitrogen and oxygen atoms in total. The molecule has 0 saturated heterocycles. The number of carbonyl (C=O) groups is 1. The summed E-state index contributed by atoms with van der Waals surface area (Å²) in [6.45, 7) is 2.60. The number of nitrogens with one attached hydrogen (secondary N) is 1. The maximum absolute atomic E-state index is 12.3. The van der Waals surface area contributed by atoms with Crippen molar-refractivity contribution in [2.75, 3.05) is 27.2 Å². The maximum Gasteiger partial charge on any atom is 0.328 e. The van der Waals surface area contributed by atoms with Gasteiger partial charge >= 0.3 is 5.97 Å². The van der Waals surface area contributed by atoms with Crippen molar-refractivity contribution in [1.82, 2.24) is 9.62 Å². The quantitative estimate of drug-likeness (QED) is 0.732. The summed E-state index contributed by atoms with van der Waals surface area (Å²) in [6, 6.07) is 4.79. The molecule has 1 aromatic carbocycles. The zero-order valence-electron chi connectivity index (χ0n) is 12.3. The van der Waals surface area contributed by atoms with Crippen molar-refractivity contribution in [1.29, 1.82) is 0 Å². The number of nitrogens with zero attached hydrogens (tertiary/aromatic N) is 1. The highest BCUT2D eigenvalue weighted by Gasteiger charge is 2.16. The van der Waals surface area contributed by atoms with E-state index in [9.17, 15) is 13.2 Å². The second-order valence-electron chi connectivity index (χ2n) is 4.90. The number of rotatable bonds is 7. The van der Waals surface area contributed by atoms with Gasteiger partial charge in [-0.25, -0.2) is 17.9 Å². The molecular weight excluding hydrogens is 292 g/mol. The van der Waals surface area contributed by atoms with Gasteiger partial charge in [0.1, 0.15) is 0 Å². The summed E-state index contributed by atoms with van der Waals surface area (Å²) in [6.07, 6.45) is 2.33. The van der Waals surface area contributed by atoms with Gasteiger partial charge < -0.3 is 10.0 Å². The number of sulfonamides is 1. The Morgan fingerprint density at radius 3 is 2.62 bits per heavy atom. The number of benzene rings is 1. The lowest BCUT2D eigenvalue weighted by Gasteiger charge is -2.12. The Labute approximate surface area is 125 Å². The number of hydrogen-bond donors (Lipinski definition) is 2. The fraction of sp³-hybridized carbons (Fsp3) is 0.357. The summed E-state index contributed by atoms with van der Waals surface area (Å²) in [4.78, 5) is 12.5. The molecule has 0 radical (unpaired) electrons. The molecule has 1 rings (SSSR count). The van der Waals surface area contributed by atoms with Gasteiger partial charge in [-0.1, -0.05) is 12.1 Å². The Kier molecular flexibility index (Phi) is 6.07. The van der Waals surface area contributed by atoms with Gasteiger partial charge in [0.05, 0.1) is 4.90 Å². The third-order valence-corrected chi connectivity index (χ3v) is 4.37. The smallest absolute Gasteiger partial charge is 0.328 e. The highest BCUT2D eigenvalue weighted by molar-refractivity contribution is 7.89. The Hall–Kier alpha value is -1.70. The topological polar surface area (TPSA) is 86.7 Å². The molecule has 0 bridgehead atoms. The SMILES string of the molecule is Cc1ccc(C=CC(=O)O)cc1S(=O)(=O)NCCN(C)C. The van der Waals surface area contributed by atoms with Crippen LogP contribution in [-0.4, -0.2) is 51.6 Å². The molecule has 7 heteroatoms. The predicted octanol–water partition coefficient (Wildman–Crippen LogP) is 0.933. The van der Waals surface area contributed by atoms with Crippen LogP contribution in [0.1, 0.15) is 11.1 Å². The summed E-state index contributed by atoms with van der Waals surface area (Å²) in [5, 5.41) is 8.60. The standard InChI is InChI=1S/C14H20N2O4S/c1-11-4-5-12(6-7-14(17)18)10-13(11)21(19,20)15-8-9-16(2)3/h4-7,10,15H,8-9H2,1-3H3,(H,17,18). The van der Waals surface area contributed by atoms with E-state index in [0.29, 0.717) is 24.2 Å². The zero-order chi connectivity index (χ0) is 16.0. The number of carboxylic acids is 1. The Balaban J connectivity index is 2.99. The van der Waals surface area contributed by atoms with Crippen molar-refractivity contribution < 1.29 is 18.3 Å². The number of carboxylic acid groups (broad SMARTS) is 1. The van der Waals surface area contributed by atoms with Gasteiger partial charge in [-0.2, -0.15) is 0 Å². The molecule has 0 heterocycles. The van der Waals surface area contributed by atoms with E-state index >= 15 is 0 Å². The molecule has 2 N–H and O–H groups in total. The van der Waals surface area contributed by atoms with Crippen LogP contribution in [0, 0.1) is 6.92 Å². The molecule has 0 aliphatic carbocycles. The van der Waals surface area contributed by atoms with Gasteiger partial charge in [0, 0.05) is 19.2 Å². The van der Waals surface area contributed by atoms with E-state index in [1.165, 1.54) is 12.1 Å². The van der Waals surface area contributed by atoms with E-state index < -0.39 is 16.0 Å². The summed E-state index contributed by atoms with van der Waals surface area (Å²) < 4.78 is 27.0. The summed E-state index contributed by atoms with van der Waals surface area (Å²) in [5.74, 6) is -1.08. The van der Waals surface area contributed by atoms with E-state index in [-0.39, 0.29) is 4.90 Å². The molecule has 0 saturated carbocycles. The molecule has 0 amide bonds. The van der Waals surface area contributed by atoms with Crippen molar-refractivity contribution in [3.8, 4) is 0 Å². The van der Waals surface area contributed by atoms with Crippen LogP contribution in [0.4, 0.5) is 0 Å². The van der Waals surface area contributed by atoms with Crippen LogP contribution >= 0.6 is 0 Å². The molecule has 0 spiro atoms. The van der Waals surface area contributed by atoms with E-state index in [1.54, 1.807) is 19.1 Å². The lowest BCUT2D eigenvalue weighted by molar-refractivity contribution is -0.131. The molecule has 0 aliphatic rings. The number of hydrogen-bond acceptors (Lipinski definition) is 4. The van der Waals surface area contributed by atoms with Crippen molar-refractivity contribution in [3.05, 3.63) is 35.4 Å². The number of aliphatic carboxylic acids is 1. The van der Waals surface area contributed by atoms with Gasteiger partial charge in [-0.3, -0.25) is 0 Å². The average molecular weight is 312 g/mol. The average Bonchev–Trinajstić information content (AvgIpc) is 2.36. The second-order valence-corrected chi connectivity index (χ2v) is 6.63. The first-order valence-corrected chi connectivity index (χ1v) is 7.87. The fourth-order valence-electron chi connectivity index (χ4n) is 1.66. The van der Waals surface area contributed by atoms with Crippen LogP contribution < -0.4 is 4.72 Å². The van der Waals surface area contributed by atoms with Crippen LogP contribution in [0.3, 0.4) is 0 Å². The van der Waals surface area contributed by atoms with Gasteiger partial charge in [0.2, 0.25) is 10.0 Å². The fourth-order valence-corrected chi connectivity index (χ4v) is 2.96. The lowest BCUT2D eigenvalue weighted by atomic mass is 10.1.